The van der Waals surface area contributed by atoms with Crippen LogP contribution in [0.1, 0.15) is 33.1 Å². The van der Waals surface area contributed by atoms with Crippen molar-refractivity contribution in [2.75, 3.05) is 18.6 Å². The molecular formula is C10H21NO2S. The van der Waals surface area contributed by atoms with Crippen LogP contribution in [0.25, 0.3) is 0 Å². The van der Waals surface area contributed by atoms with Gasteiger partial charge in [-0.1, -0.05) is 13.3 Å². The first-order valence-electron chi connectivity index (χ1n) is 5.07. The minimum Gasteiger partial charge on any atom is -0.480 e. The third kappa shape index (κ3) is 4.86. The van der Waals surface area contributed by atoms with E-state index in [-0.39, 0.29) is 0 Å². The molecule has 0 fully saturated rings. The first-order valence-corrected chi connectivity index (χ1v) is 6.22. The summed E-state index contributed by atoms with van der Waals surface area (Å²) in [6.45, 7) is 3.89. The summed E-state index contributed by atoms with van der Waals surface area (Å²) >= 11 is 1.83. The van der Waals surface area contributed by atoms with Gasteiger partial charge in [-0.2, -0.15) is 11.8 Å². The lowest BCUT2D eigenvalue weighted by Crippen LogP contribution is -2.47. The number of thioether (sulfide) groups is 1. The fourth-order valence-corrected chi connectivity index (χ4v) is 2.21. The molecule has 4 heteroatoms. The molecule has 0 aliphatic rings. The van der Waals surface area contributed by atoms with E-state index >= 15 is 0 Å². The predicted octanol–water partition coefficient (Wildman–Crippen LogP) is 1.97. The molecule has 0 heterocycles. The number of carboxylic acids is 1. The van der Waals surface area contributed by atoms with Crippen LogP contribution in [0.2, 0.25) is 0 Å². The van der Waals surface area contributed by atoms with Crippen LogP contribution in [0.15, 0.2) is 0 Å². The van der Waals surface area contributed by atoms with Gasteiger partial charge in [0.15, 0.2) is 0 Å². The molecule has 1 unspecified atom stereocenters. The lowest BCUT2D eigenvalue weighted by Gasteiger charge is -2.23. The van der Waals surface area contributed by atoms with Gasteiger partial charge in [-0.25, -0.2) is 0 Å². The molecule has 0 aliphatic carbocycles. The Morgan fingerprint density at radius 2 is 2.14 bits per heavy atom. The maximum atomic E-state index is 10.9. The van der Waals surface area contributed by atoms with Gasteiger partial charge in [0.2, 0.25) is 0 Å². The highest BCUT2D eigenvalue weighted by atomic mass is 32.2. The summed E-state index contributed by atoms with van der Waals surface area (Å²) in [6.07, 6.45) is 3.09. The third-order valence-electron chi connectivity index (χ3n) is 2.41. The average molecular weight is 219 g/mol. The van der Waals surface area contributed by atoms with E-state index in [0.717, 1.165) is 11.5 Å². The number of carboxylic acid groups (broad SMARTS) is 1. The number of carbonyl (C=O) groups is 1. The lowest BCUT2D eigenvalue weighted by molar-refractivity contribution is -0.144. The number of hydrogen-bond donors (Lipinski definition) is 2. The summed E-state index contributed by atoms with van der Waals surface area (Å²) in [5.41, 5.74) is -0.765. The van der Waals surface area contributed by atoms with Gasteiger partial charge >= 0.3 is 5.97 Å². The summed E-state index contributed by atoms with van der Waals surface area (Å²) in [6, 6.07) is 0. The van der Waals surface area contributed by atoms with E-state index in [0.29, 0.717) is 6.42 Å². The van der Waals surface area contributed by atoms with Gasteiger partial charge in [0.05, 0.1) is 0 Å². The smallest absolute Gasteiger partial charge is 0.323 e. The zero-order chi connectivity index (χ0) is 11.0. The molecule has 0 saturated carbocycles. The van der Waals surface area contributed by atoms with Crippen molar-refractivity contribution in [3.05, 3.63) is 0 Å². The zero-order valence-corrected chi connectivity index (χ0v) is 10.1. The molecule has 0 rings (SSSR count). The molecule has 0 bridgehead atoms. The fraction of sp³-hybridized carbons (Fsp3) is 0.900. The Morgan fingerprint density at radius 1 is 1.50 bits per heavy atom. The first-order chi connectivity index (χ1) is 6.56. The summed E-state index contributed by atoms with van der Waals surface area (Å²) < 4.78 is 0. The highest BCUT2D eigenvalue weighted by Gasteiger charge is 2.30. The number of nitrogens with one attached hydrogen (secondary N) is 1. The lowest BCUT2D eigenvalue weighted by atomic mass is 10.00. The van der Waals surface area contributed by atoms with Gasteiger partial charge in [-0.05, 0) is 38.3 Å². The Labute approximate surface area is 90.7 Å². The van der Waals surface area contributed by atoms with E-state index in [2.05, 4.69) is 12.2 Å². The second-order valence-corrected chi connectivity index (χ2v) is 4.83. The van der Waals surface area contributed by atoms with Crippen molar-refractivity contribution in [3.8, 4) is 0 Å². The molecule has 0 aliphatic heterocycles. The monoisotopic (exact) mass is 219 g/mol. The number of aliphatic carboxylic acids is 1. The normalized spacial score (nSPS) is 15.1. The average Bonchev–Trinajstić information content (AvgIpc) is 2.17. The van der Waals surface area contributed by atoms with Crippen LogP contribution in [-0.2, 0) is 4.79 Å². The number of likely N-dealkylation sites (N-methyl/N-ethyl adjacent to an activating group) is 1. The van der Waals surface area contributed by atoms with Gasteiger partial charge in [-0.3, -0.25) is 4.79 Å². The van der Waals surface area contributed by atoms with Crippen molar-refractivity contribution in [1.29, 1.82) is 0 Å². The molecular weight excluding hydrogens is 198 g/mol. The van der Waals surface area contributed by atoms with Crippen molar-refractivity contribution in [1.82, 2.24) is 5.32 Å². The Bertz CT molecular complexity index is 176. The fourth-order valence-electron chi connectivity index (χ4n) is 0.964. The van der Waals surface area contributed by atoms with Crippen LogP contribution in [0.5, 0.6) is 0 Å². The van der Waals surface area contributed by atoms with Crippen molar-refractivity contribution in [2.24, 2.45) is 0 Å². The van der Waals surface area contributed by atoms with Crippen molar-refractivity contribution in [3.63, 3.8) is 0 Å². The van der Waals surface area contributed by atoms with Crippen LogP contribution in [-0.4, -0.2) is 35.2 Å². The molecule has 2 N–H and O–H groups in total. The molecule has 0 aromatic heterocycles. The summed E-state index contributed by atoms with van der Waals surface area (Å²) in [5.74, 6) is 1.27. The highest BCUT2D eigenvalue weighted by Crippen LogP contribution is 2.15. The van der Waals surface area contributed by atoms with Gasteiger partial charge in [-0.15, -0.1) is 0 Å². The summed E-state index contributed by atoms with van der Waals surface area (Å²) in [5, 5.41) is 11.8. The maximum absolute atomic E-state index is 10.9. The van der Waals surface area contributed by atoms with E-state index in [4.69, 9.17) is 5.11 Å². The molecule has 0 spiro atoms. The van der Waals surface area contributed by atoms with Gasteiger partial charge < -0.3 is 10.4 Å². The summed E-state index contributed by atoms with van der Waals surface area (Å²) in [4.78, 5) is 10.9. The molecule has 0 saturated heterocycles. The molecule has 0 aromatic carbocycles. The first kappa shape index (κ1) is 13.8. The Hall–Kier alpha value is -0.220. The SMILES string of the molecule is CCCCSCCC(C)(NC)C(=O)O. The minimum absolute atomic E-state index is 0.674. The van der Waals surface area contributed by atoms with Crippen LogP contribution in [0.3, 0.4) is 0 Å². The quantitative estimate of drug-likeness (QED) is 0.613. The predicted molar refractivity (Wildman–Crippen MR) is 62.0 cm³/mol. The van der Waals surface area contributed by atoms with Gasteiger partial charge in [0.25, 0.3) is 0 Å². The van der Waals surface area contributed by atoms with Gasteiger partial charge in [0, 0.05) is 0 Å². The molecule has 84 valence electrons. The Morgan fingerprint density at radius 3 is 2.57 bits per heavy atom. The van der Waals surface area contributed by atoms with Crippen molar-refractivity contribution in [2.45, 2.75) is 38.6 Å². The molecule has 0 aromatic rings. The second-order valence-electron chi connectivity index (χ2n) is 3.60. The largest absolute Gasteiger partial charge is 0.480 e. The van der Waals surface area contributed by atoms with E-state index < -0.39 is 11.5 Å². The van der Waals surface area contributed by atoms with E-state index in [9.17, 15) is 4.79 Å². The molecule has 0 amide bonds. The van der Waals surface area contributed by atoms with Crippen LogP contribution in [0, 0.1) is 0 Å². The van der Waals surface area contributed by atoms with E-state index in [1.165, 1.54) is 12.8 Å². The van der Waals surface area contributed by atoms with Crippen LogP contribution in [0.4, 0.5) is 0 Å². The van der Waals surface area contributed by atoms with Crippen molar-refractivity contribution >= 4 is 17.7 Å². The standard InChI is InChI=1S/C10H21NO2S/c1-4-5-7-14-8-6-10(2,11-3)9(12)13/h11H,4-8H2,1-3H3,(H,12,13). The van der Waals surface area contributed by atoms with Crippen LogP contribution < -0.4 is 5.32 Å². The highest BCUT2D eigenvalue weighted by molar-refractivity contribution is 7.99. The minimum atomic E-state index is -0.768. The summed E-state index contributed by atoms with van der Waals surface area (Å²) in [7, 11) is 1.70. The Kier molecular flexibility index (Phi) is 7.01. The van der Waals surface area contributed by atoms with E-state index in [1.54, 1.807) is 14.0 Å². The van der Waals surface area contributed by atoms with Crippen LogP contribution >= 0.6 is 11.8 Å². The molecule has 14 heavy (non-hydrogen) atoms. The Balaban J connectivity index is 3.68. The second kappa shape index (κ2) is 7.12. The molecule has 0 radical (unpaired) electrons. The zero-order valence-electron chi connectivity index (χ0n) is 9.30. The van der Waals surface area contributed by atoms with Gasteiger partial charge in [0.1, 0.15) is 5.54 Å². The molecule has 3 nitrogen and oxygen atoms in total. The number of hydrogen-bond acceptors (Lipinski definition) is 3. The third-order valence-corrected chi connectivity index (χ3v) is 3.48. The number of unbranched alkanes of at least 4 members (excludes halogenated alkanes) is 1. The van der Waals surface area contributed by atoms with Crippen molar-refractivity contribution < 1.29 is 9.90 Å². The van der Waals surface area contributed by atoms with E-state index in [1.807, 2.05) is 11.8 Å². The topological polar surface area (TPSA) is 49.3 Å². The number of rotatable bonds is 8. The maximum Gasteiger partial charge on any atom is 0.323 e. The molecule has 1 atom stereocenters.